The highest BCUT2D eigenvalue weighted by molar-refractivity contribution is 6.33. The van der Waals surface area contributed by atoms with Crippen LogP contribution in [0.1, 0.15) is 0 Å². The zero-order valence-corrected chi connectivity index (χ0v) is 19.1. The molecule has 0 fully saturated rings. The van der Waals surface area contributed by atoms with Gasteiger partial charge < -0.3 is 4.57 Å². The average Bonchev–Trinajstić information content (AvgIpc) is 3.34. The van der Waals surface area contributed by atoms with Crippen LogP contribution in [0.25, 0.3) is 70.9 Å². The second-order valence-corrected chi connectivity index (χ2v) is 9.40. The van der Waals surface area contributed by atoms with Gasteiger partial charge in [0.25, 0.3) is 0 Å². The van der Waals surface area contributed by atoms with Crippen LogP contribution in [-0.2, 0) is 0 Å². The van der Waals surface area contributed by atoms with E-state index in [9.17, 15) is 0 Å². The molecule has 0 unspecified atom stereocenters. The fourth-order valence-electron chi connectivity index (χ4n) is 5.97. The van der Waals surface area contributed by atoms with E-state index in [1.807, 2.05) is 0 Å². The third-order valence-electron chi connectivity index (χ3n) is 7.49. The van der Waals surface area contributed by atoms with Crippen molar-refractivity contribution in [3.63, 3.8) is 0 Å². The molecule has 1 aromatic heterocycles. The Morgan fingerprint density at radius 2 is 1.03 bits per heavy atom. The Hall–Kier alpha value is -4.62. The van der Waals surface area contributed by atoms with Gasteiger partial charge in [0.1, 0.15) is 0 Å². The number of nitrogens with zero attached hydrogens (tertiary/aromatic N) is 1. The quantitative estimate of drug-likeness (QED) is 0.235. The minimum Gasteiger partial charge on any atom is -0.309 e. The Balaban J connectivity index is 1.62. The largest absolute Gasteiger partial charge is 0.309 e. The lowest BCUT2D eigenvalue weighted by Gasteiger charge is -2.16. The molecular formula is C34H21N. The molecule has 0 radical (unpaired) electrons. The molecule has 0 bridgehead atoms. The highest BCUT2D eigenvalue weighted by Gasteiger charge is 2.20. The van der Waals surface area contributed by atoms with Crippen molar-refractivity contribution in [3.8, 4) is 16.9 Å². The molecule has 0 saturated heterocycles. The maximum atomic E-state index is 2.46. The summed E-state index contributed by atoms with van der Waals surface area (Å²) in [5.41, 5.74) is 4.90. The monoisotopic (exact) mass is 443 g/mol. The summed E-state index contributed by atoms with van der Waals surface area (Å²) in [5.74, 6) is 0. The maximum absolute atomic E-state index is 2.46. The second kappa shape index (κ2) is 6.94. The summed E-state index contributed by atoms with van der Waals surface area (Å²) in [6, 6.07) is 46.5. The number of aromatic nitrogens is 1. The molecule has 162 valence electrons. The molecule has 1 heterocycles. The van der Waals surface area contributed by atoms with Gasteiger partial charge in [-0.3, -0.25) is 0 Å². The van der Waals surface area contributed by atoms with Gasteiger partial charge in [0.15, 0.2) is 0 Å². The van der Waals surface area contributed by atoms with Crippen molar-refractivity contribution in [2.24, 2.45) is 0 Å². The van der Waals surface area contributed by atoms with Crippen LogP contribution in [-0.4, -0.2) is 4.57 Å². The zero-order valence-electron chi connectivity index (χ0n) is 19.1. The first-order chi connectivity index (χ1) is 17.4. The number of hydrogen-bond acceptors (Lipinski definition) is 0. The Kier molecular flexibility index (Phi) is 3.72. The van der Waals surface area contributed by atoms with Gasteiger partial charge >= 0.3 is 0 Å². The first-order valence-corrected chi connectivity index (χ1v) is 12.1. The van der Waals surface area contributed by atoms with Gasteiger partial charge in [-0.25, -0.2) is 0 Å². The Labute approximate surface area is 202 Å². The van der Waals surface area contributed by atoms with Crippen molar-refractivity contribution < 1.29 is 0 Å². The van der Waals surface area contributed by atoms with Gasteiger partial charge in [0.2, 0.25) is 0 Å². The molecule has 0 aliphatic rings. The van der Waals surface area contributed by atoms with E-state index in [1.165, 1.54) is 70.9 Å². The fourth-order valence-corrected chi connectivity index (χ4v) is 5.97. The molecule has 1 nitrogen and oxygen atoms in total. The van der Waals surface area contributed by atoms with Gasteiger partial charge in [-0.1, -0.05) is 103 Å². The topological polar surface area (TPSA) is 4.93 Å². The minimum atomic E-state index is 1.18. The van der Waals surface area contributed by atoms with E-state index >= 15 is 0 Å². The molecule has 8 aromatic rings. The van der Waals surface area contributed by atoms with Gasteiger partial charge in [-0.15, -0.1) is 0 Å². The predicted molar refractivity (Wildman–Crippen MR) is 150 cm³/mol. The van der Waals surface area contributed by atoms with E-state index in [0.29, 0.717) is 0 Å². The standard InChI is InChI=1S/C34H21N/c1-2-12-27(13-3-1)35-31(26-19-16-22-8-4-5-9-25(22)20-26)21-30-28-14-6-10-23-17-18-24-11-7-15-29(34(30)35)33(24)32(23)28/h1-21H. The molecule has 0 atom stereocenters. The third-order valence-corrected chi connectivity index (χ3v) is 7.49. The number of benzene rings is 7. The van der Waals surface area contributed by atoms with Crippen LogP contribution in [0.5, 0.6) is 0 Å². The van der Waals surface area contributed by atoms with Crippen molar-refractivity contribution in [1.29, 1.82) is 0 Å². The summed E-state index contributed by atoms with van der Waals surface area (Å²) >= 11 is 0. The smallest absolute Gasteiger partial charge is 0.0620 e. The van der Waals surface area contributed by atoms with E-state index in [2.05, 4.69) is 132 Å². The van der Waals surface area contributed by atoms with Crippen LogP contribution in [0.15, 0.2) is 127 Å². The van der Waals surface area contributed by atoms with Crippen molar-refractivity contribution in [3.05, 3.63) is 127 Å². The van der Waals surface area contributed by atoms with Crippen molar-refractivity contribution in [2.75, 3.05) is 0 Å². The first kappa shape index (κ1) is 18.8. The first-order valence-electron chi connectivity index (χ1n) is 12.1. The lowest BCUT2D eigenvalue weighted by molar-refractivity contribution is 1.14. The number of fused-ring (bicyclic) bond motifs is 4. The van der Waals surface area contributed by atoms with Crippen molar-refractivity contribution in [2.45, 2.75) is 0 Å². The maximum Gasteiger partial charge on any atom is 0.0620 e. The predicted octanol–water partition coefficient (Wildman–Crippen LogP) is 9.35. The molecule has 0 saturated carbocycles. The van der Waals surface area contributed by atoms with Crippen LogP contribution in [0.4, 0.5) is 0 Å². The van der Waals surface area contributed by atoms with Gasteiger partial charge in [-0.05, 0) is 67.5 Å². The summed E-state index contributed by atoms with van der Waals surface area (Å²) in [7, 11) is 0. The molecule has 0 spiro atoms. The van der Waals surface area contributed by atoms with Gasteiger partial charge in [0, 0.05) is 16.5 Å². The molecule has 8 rings (SSSR count). The zero-order chi connectivity index (χ0) is 22.9. The minimum absolute atomic E-state index is 1.18. The molecular weight excluding hydrogens is 422 g/mol. The average molecular weight is 444 g/mol. The van der Waals surface area contributed by atoms with Crippen LogP contribution in [0.2, 0.25) is 0 Å². The van der Waals surface area contributed by atoms with Crippen LogP contribution in [0.3, 0.4) is 0 Å². The van der Waals surface area contributed by atoms with Crippen LogP contribution in [0, 0.1) is 0 Å². The lowest BCUT2D eigenvalue weighted by Crippen LogP contribution is -1.97. The molecule has 35 heavy (non-hydrogen) atoms. The highest BCUT2D eigenvalue weighted by atomic mass is 15.0. The molecule has 7 aromatic carbocycles. The van der Waals surface area contributed by atoms with Crippen molar-refractivity contribution >= 4 is 54.0 Å². The van der Waals surface area contributed by atoms with Crippen LogP contribution >= 0.6 is 0 Å². The number of rotatable bonds is 2. The summed E-state index contributed by atoms with van der Waals surface area (Å²) in [6.07, 6.45) is 0. The Morgan fingerprint density at radius 3 is 1.83 bits per heavy atom. The highest BCUT2D eigenvalue weighted by Crippen LogP contribution is 2.44. The van der Waals surface area contributed by atoms with Crippen molar-refractivity contribution in [1.82, 2.24) is 4.57 Å². The molecule has 1 heteroatoms. The van der Waals surface area contributed by atoms with E-state index in [4.69, 9.17) is 0 Å². The van der Waals surface area contributed by atoms with E-state index in [-0.39, 0.29) is 0 Å². The SMILES string of the molecule is c1ccc(-n2c(-c3ccc4ccccc4c3)cc3c4cccc5ccc6cccc(c6c54)c32)cc1. The van der Waals surface area contributed by atoms with Gasteiger partial charge in [0.05, 0.1) is 11.2 Å². The third kappa shape index (κ3) is 2.58. The molecule has 0 aliphatic heterocycles. The van der Waals surface area contributed by atoms with Gasteiger partial charge in [-0.2, -0.15) is 0 Å². The van der Waals surface area contributed by atoms with Crippen LogP contribution < -0.4 is 0 Å². The van der Waals surface area contributed by atoms with E-state index in [0.717, 1.165) is 0 Å². The van der Waals surface area contributed by atoms with E-state index in [1.54, 1.807) is 0 Å². The summed E-state index contributed by atoms with van der Waals surface area (Å²) in [6.45, 7) is 0. The number of para-hydroxylation sites is 1. The number of hydrogen-bond donors (Lipinski definition) is 0. The second-order valence-electron chi connectivity index (χ2n) is 9.40. The fraction of sp³-hybridized carbons (Fsp3) is 0. The summed E-state index contributed by atoms with van der Waals surface area (Å²) < 4.78 is 2.46. The molecule has 0 aliphatic carbocycles. The normalized spacial score (nSPS) is 12.0. The summed E-state index contributed by atoms with van der Waals surface area (Å²) in [5, 5.41) is 11.8. The molecule has 0 amide bonds. The van der Waals surface area contributed by atoms with E-state index < -0.39 is 0 Å². The Morgan fingerprint density at radius 1 is 0.400 bits per heavy atom. The summed E-state index contributed by atoms with van der Waals surface area (Å²) in [4.78, 5) is 0. The lowest BCUT2D eigenvalue weighted by atomic mass is 9.92. The Bertz CT molecular complexity index is 2040. The molecule has 0 N–H and O–H groups in total.